The summed E-state index contributed by atoms with van der Waals surface area (Å²) in [5.41, 5.74) is 0. The largest absolute Gasteiger partial charge is 2.00 e. The maximum absolute atomic E-state index is 8.48. The summed E-state index contributed by atoms with van der Waals surface area (Å²) in [6.45, 7) is 8.42. The number of hydrogen-bond donors (Lipinski definition) is 0. The Kier molecular flexibility index (Phi) is 22.2. The standard InChI is InChI=1S/C8H17.Cu.HO3P/c1-4-6-7-8(3)5-2;;1-4(2)3/h8H,3-7H2,1-2H3;;(H,1,2,3)/q-1;+2;/p-1. The summed E-state index contributed by atoms with van der Waals surface area (Å²) in [5, 5.41) is 0. The van der Waals surface area contributed by atoms with E-state index in [4.69, 9.17) is 14.4 Å². The van der Waals surface area contributed by atoms with E-state index in [1.165, 1.54) is 25.7 Å². The molecule has 0 aromatic rings. The molecule has 0 aliphatic rings. The Labute approximate surface area is 92.4 Å². The predicted octanol–water partition coefficient (Wildman–Crippen LogP) is 1.40. The van der Waals surface area contributed by atoms with Crippen LogP contribution in [0.3, 0.4) is 0 Å². The molecule has 1 unspecified atom stereocenters. The van der Waals surface area contributed by atoms with E-state index >= 15 is 0 Å². The van der Waals surface area contributed by atoms with Gasteiger partial charge in [-0.3, -0.25) is 0 Å². The summed E-state index contributed by atoms with van der Waals surface area (Å²) >= 11 is 0. The van der Waals surface area contributed by atoms with Gasteiger partial charge in [-0.1, -0.05) is 44.1 Å². The van der Waals surface area contributed by atoms with Crippen LogP contribution in [0.1, 0.15) is 39.5 Å². The van der Waals surface area contributed by atoms with Gasteiger partial charge in [0.15, 0.2) is 0 Å². The predicted molar refractivity (Wildman–Crippen MR) is 46.3 cm³/mol. The van der Waals surface area contributed by atoms with Crippen LogP contribution in [0.4, 0.5) is 0 Å². The van der Waals surface area contributed by atoms with Gasteiger partial charge in [0.1, 0.15) is 0 Å². The summed E-state index contributed by atoms with van der Waals surface area (Å²) in [5.74, 6) is 0.704. The molecular weight excluding hydrogens is 239 g/mol. The van der Waals surface area contributed by atoms with Crippen LogP contribution in [0, 0.1) is 12.8 Å². The average molecular weight is 256 g/mol. The van der Waals surface area contributed by atoms with E-state index in [1.54, 1.807) is 0 Å². The molecule has 0 aliphatic heterocycles. The quantitative estimate of drug-likeness (QED) is 0.433. The molecule has 0 aromatic heterocycles. The van der Waals surface area contributed by atoms with Gasteiger partial charge in [0.05, 0.1) is 0 Å². The average Bonchev–Trinajstić information content (AvgIpc) is 1.99. The molecule has 0 aliphatic carbocycles. The first-order valence-electron chi connectivity index (χ1n) is 4.19. The molecule has 0 aromatic carbocycles. The fourth-order valence-corrected chi connectivity index (χ4v) is 0.697. The van der Waals surface area contributed by atoms with Gasteiger partial charge in [0.2, 0.25) is 0 Å². The molecule has 1 radical (unpaired) electrons. The third-order valence-electron chi connectivity index (χ3n) is 1.54. The molecule has 0 N–H and O–H groups in total. The summed E-state index contributed by atoms with van der Waals surface area (Å²) in [6.07, 6.45) is 5.21. The molecule has 13 heavy (non-hydrogen) atoms. The third-order valence-corrected chi connectivity index (χ3v) is 1.54. The molecule has 0 bridgehead atoms. The smallest absolute Gasteiger partial charge is 0.598 e. The van der Waals surface area contributed by atoms with Crippen molar-refractivity contribution in [2.75, 3.05) is 0 Å². The third kappa shape index (κ3) is 32.6. The van der Waals surface area contributed by atoms with E-state index in [-0.39, 0.29) is 17.1 Å². The zero-order valence-corrected chi connectivity index (χ0v) is 9.92. The fraction of sp³-hybridized carbons (Fsp3) is 0.875. The van der Waals surface area contributed by atoms with Gasteiger partial charge >= 0.3 is 17.1 Å². The van der Waals surface area contributed by atoms with Gasteiger partial charge < -0.3 is 16.7 Å². The van der Waals surface area contributed by atoms with Crippen LogP contribution >= 0.6 is 8.25 Å². The van der Waals surface area contributed by atoms with Crippen molar-refractivity contribution in [3.8, 4) is 0 Å². The normalized spacial score (nSPS) is 10.5. The van der Waals surface area contributed by atoms with Crippen molar-refractivity contribution in [1.29, 1.82) is 0 Å². The van der Waals surface area contributed by atoms with E-state index in [2.05, 4.69) is 20.8 Å². The van der Waals surface area contributed by atoms with Gasteiger partial charge in [-0.05, 0) is 0 Å². The van der Waals surface area contributed by atoms with Crippen LogP contribution in [0.15, 0.2) is 0 Å². The minimum absolute atomic E-state index is 0. The summed E-state index contributed by atoms with van der Waals surface area (Å²) < 4.78 is 8.48. The van der Waals surface area contributed by atoms with Gasteiger partial charge in [-0.15, -0.1) is 0 Å². The Morgan fingerprint density at radius 1 is 1.38 bits per heavy atom. The van der Waals surface area contributed by atoms with Crippen LogP contribution in [-0.2, 0) is 21.6 Å². The molecule has 0 rings (SSSR count). The van der Waals surface area contributed by atoms with Gasteiger partial charge in [0.25, 0.3) is 8.25 Å². The molecular formula is C8H17CuO3P. The number of rotatable bonds is 4. The molecule has 0 spiro atoms. The van der Waals surface area contributed by atoms with Crippen molar-refractivity contribution < 1.29 is 31.4 Å². The molecule has 83 valence electrons. The SMILES string of the molecule is O=[P+]([O-])[O-].[CH2-]C(CC)CCCC.[Cu+2]. The zero-order valence-electron chi connectivity index (χ0n) is 8.09. The van der Waals surface area contributed by atoms with E-state index in [0.717, 1.165) is 0 Å². The maximum Gasteiger partial charge on any atom is 2.00 e. The van der Waals surface area contributed by atoms with E-state index in [1.807, 2.05) is 0 Å². The monoisotopic (exact) mass is 255 g/mol. The van der Waals surface area contributed by atoms with Crippen molar-refractivity contribution in [3.05, 3.63) is 6.92 Å². The Morgan fingerprint density at radius 3 is 2.00 bits per heavy atom. The molecule has 0 heterocycles. The summed E-state index contributed by atoms with van der Waals surface area (Å²) in [7, 11) is -3.37. The Hall–Kier alpha value is 0.539. The fourth-order valence-electron chi connectivity index (χ4n) is 0.697. The number of unbranched alkanes of at least 4 members (excludes halogenated alkanes) is 1. The molecule has 3 nitrogen and oxygen atoms in total. The number of hydrogen-bond acceptors (Lipinski definition) is 3. The van der Waals surface area contributed by atoms with Crippen molar-refractivity contribution in [3.63, 3.8) is 0 Å². The van der Waals surface area contributed by atoms with Crippen LogP contribution in [0.5, 0.6) is 0 Å². The van der Waals surface area contributed by atoms with Crippen LogP contribution < -0.4 is 9.79 Å². The van der Waals surface area contributed by atoms with Crippen molar-refractivity contribution in [1.82, 2.24) is 0 Å². The van der Waals surface area contributed by atoms with E-state index in [0.29, 0.717) is 5.92 Å². The van der Waals surface area contributed by atoms with E-state index in [9.17, 15) is 0 Å². The second-order valence-corrected chi connectivity index (χ2v) is 3.09. The maximum atomic E-state index is 8.48. The van der Waals surface area contributed by atoms with Gasteiger partial charge in [-0.25, -0.2) is 0 Å². The molecule has 5 heteroatoms. The molecule has 0 fully saturated rings. The van der Waals surface area contributed by atoms with Crippen molar-refractivity contribution >= 4 is 8.25 Å². The molecule has 1 atom stereocenters. The van der Waals surface area contributed by atoms with E-state index < -0.39 is 8.25 Å². The first kappa shape index (κ1) is 19.2. The molecule has 0 saturated carbocycles. The van der Waals surface area contributed by atoms with Crippen molar-refractivity contribution in [2.24, 2.45) is 5.92 Å². The first-order valence-corrected chi connectivity index (χ1v) is 5.28. The molecule has 0 amide bonds. The Balaban J connectivity index is -0.000000173. The van der Waals surface area contributed by atoms with Gasteiger partial charge in [0, 0.05) is 0 Å². The Bertz CT molecular complexity index is 108. The second kappa shape index (κ2) is 15.0. The van der Waals surface area contributed by atoms with Crippen LogP contribution in [0.25, 0.3) is 0 Å². The van der Waals surface area contributed by atoms with Crippen LogP contribution in [0.2, 0.25) is 0 Å². The molecule has 0 saturated heterocycles. The van der Waals surface area contributed by atoms with Crippen LogP contribution in [-0.4, -0.2) is 0 Å². The minimum Gasteiger partial charge on any atom is -0.598 e. The topological polar surface area (TPSA) is 63.2 Å². The zero-order chi connectivity index (χ0) is 9.98. The first-order chi connectivity index (χ1) is 5.54. The second-order valence-electron chi connectivity index (χ2n) is 2.64. The summed E-state index contributed by atoms with van der Waals surface area (Å²) in [4.78, 5) is 17.0. The summed E-state index contributed by atoms with van der Waals surface area (Å²) in [6, 6.07) is 0. The van der Waals surface area contributed by atoms with Crippen molar-refractivity contribution in [2.45, 2.75) is 39.5 Å². The Morgan fingerprint density at radius 2 is 1.77 bits per heavy atom. The minimum atomic E-state index is -3.37. The van der Waals surface area contributed by atoms with Gasteiger partial charge in [-0.2, -0.15) is 5.92 Å².